The molecule has 0 amide bonds. The summed E-state index contributed by atoms with van der Waals surface area (Å²) in [7, 11) is -4.99. The molecular formula is C18H12ClF7N4O2S. The van der Waals surface area contributed by atoms with Gasteiger partial charge in [-0.1, -0.05) is 11.6 Å². The lowest BCUT2D eigenvalue weighted by Gasteiger charge is -2.25. The number of benzene rings is 1. The van der Waals surface area contributed by atoms with E-state index in [1.165, 1.54) is 6.07 Å². The van der Waals surface area contributed by atoms with Gasteiger partial charge in [-0.2, -0.15) is 30.6 Å². The van der Waals surface area contributed by atoms with Crippen molar-refractivity contribution in [1.82, 2.24) is 19.3 Å². The second-order valence-electron chi connectivity index (χ2n) is 7.18. The molecule has 3 heterocycles. The first kappa shape index (κ1) is 23.7. The third-order valence-electron chi connectivity index (χ3n) is 5.18. The Balaban J connectivity index is 2.03. The van der Waals surface area contributed by atoms with Gasteiger partial charge in [-0.15, -0.1) is 0 Å². The largest absolute Gasteiger partial charge is 0.417 e. The Morgan fingerprint density at radius 3 is 2.33 bits per heavy atom. The normalized spacial score (nSPS) is 18.4. The minimum atomic E-state index is -5.11. The van der Waals surface area contributed by atoms with Crippen molar-refractivity contribution < 1.29 is 39.2 Å². The summed E-state index contributed by atoms with van der Waals surface area (Å²) in [5.74, 6) is -2.04. The molecule has 4 rings (SSSR count). The third kappa shape index (κ3) is 3.93. The Labute approximate surface area is 186 Å². The second-order valence-corrected chi connectivity index (χ2v) is 9.39. The quantitative estimate of drug-likeness (QED) is 0.488. The summed E-state index contributed by atoms with van der Waals surface area (Å²) in [4.78, 5) is 9.53. The van der Waals surface area contributed by atoms with Crippen LogP contribution in [0.1, 0.15) is 18.4 Å². The second kappa shape index (κ2) is 7.81. The van der Waals surface area contributed by atoms with Crippen molar-refractivity contribution in [3.8, 4) is 11.4 Å². The smallest absolute Gasteiger partial charge is 0.341 e. The zero-order valence-corrected chi connectivity index (χ0v) is 17.7. The lowest BCUT2D eigenvalue weighted by atomic mass is 10.0. The monoisotopic (exact) mass is 516 g/mol. The van der Waals surface area contributed by atoms with E-state index in [0.29, 0.717) is 0 Å². The number of fused-ring (bicyclic) bond motifs is 1. The molecule has 15 heteroatoms. The minimum absolute atomic E-state index is 0.100. The summed E-state index contributed by atoms with van der Waals surface area (Å²) in [5, 5.41) is -2.66. The molecule has 1 aliphatic rings. The zero-order valence-electron chi connectivity index (χ0n) is 16.1. The summed E-state index contributed by atoms with van der Waals surface area (Å²) < 4.78 is 122. The number of nitrogens with one attached hydrogen (secondary N) is 1. The van der Waals surface area contributed by atoms with Crippen molar-refractivity contribution in [2.75, 3.05) is 6.54 Å². The first-order valence-corrected chi connectivity index (χ1v) is 11.0. The van der Waals surface area contributed by atoms with Crippen LogP contribution in [-0.2, 0) is 16.2 Å². The molecule has 0 spiro atoms. The summed E-state index contributed by atoms with van der Waals surface area (Å²) in [6.45, 7) is -0.497. The van der Waals surface area contributed by atoms with Crippen LogP contribution in [0.15, 0.2) is 29.6 Å². The van der Waals surface area contributed by atoms with Gasteiger partial charge in [0.2, 0.25) is 0 Å². The lowest BCUT2D eigenvalue weighted by molar-refractivity contribution is -0.165. The predicted molar refractivity (Wildman–Crippen MR) is 102 cm³/mol. The van der Waals surface area contributed by atoms with Crippen LogP contribution in [0.5, 0.6) is 0 Å². The fourth-order valence-electron chi connectivity index (χ4n) is 3.81. The number of aromatic amines is 1. The molecule has 178 valence electrons. The highest BCUT2D eigenvalue weighted by atomic mass is 35.5. The van der Waals surface area contributed by atoms with Crippen LogP contribution in [-0.4, -0.2) is 46.4 Å². The molecule has 0 aliphatic carbocycles. The van der Waals surface area contributed by atoms with Gasteiger partial charge < -0.3 is 4.98 Å². The molecule has 0 bridgehead atoms. The van der Waals surface area contributed by atoms with Crippen molar-refractivity contribution in [1.29, 1.82) is 0 Å². The van der Waals surface area contributed by atoms with Crippen LogP contribution >= 0.6 is 11.6 Å². The molecule has 1 aliphatic heterocycles. The number of sulfonamides is 1. The van der Waals surface area contributed by atoms with Crippen molar-refractivity contribution in [3.63, 3.8) is 0 Å². The van der Waals surface area contributed by atoms with E-state index >= 15 is 0 Å². The van der Waals surface area contributed by atoms with Gasteiger partial charge in [-0.05, 0) is 25.0 Å². The van der Waals surface area contributed by atoms with E-state index in [-0.39, 0.29) is 16.8 Å². The van der Waals surface area contributed by atoms with E-state index < -0.39 is 85.1 Å². The lowest BCUT2D eigenvalue weighted by Crippen LogP contribution is -2.44. The SMILES string of the molecule is O=S(=O)(c1[nH]c2c(F)cc(C(F)(F)F)c(-c3ncccn3)c2c1Cl)N1CCC[C@H]1C(F)(F)F. The van der Waals surface area contributed by atoms with Gasteiger partial charge in [0.1, 0.15) is 11.9 Å². The molecule has 3 aromatic rings. The highest BCUT2D eigenvalue weighted by Gasteiger charge is 2.51. The highest BCUT2D eigenvalue weighted by Crippen LogP contribution is 2.46. The number of H-pyrrole nitrogens is 1. The average Bonchev–Trinajstić information content (AvgIpc) is 3.34. The minimum Gasteiger partial charge on any atom is -0.341 e. The van der Waals surface area contributed by atoms with Crippen LogP contribution in [0, 0.1) is 5.82 Å². The number of alkyl halides is 6. The molecule has 2 aromatic heterocycles. The van der Waals surface area contributed by atoms with Gasteiger partial charge in [0.25, 0.3) is 10.0 Å². The molecule has 0 unspecified atom stereocenters. The Hall–Kier alpha value is -2.45. The maximum absolute atomic E-state index is 14.7. The molecule has 0 radical (unpaired) electrons. The molecule has 33 heavy (non-hydrogen) atoms. The van der Waals surface area contributed by atoms with Crippen molar-refractivity contribution >= 4 is 32.5 Å². The van der Waals surface area contributed by atoms with Gasteiger partial charge in [-0.25, -0.2) is 22.8 Å². The van der Waals surface area contributed by atoms with Crippen molar-refractivity contribution in [2.24, 2.45) is 0 Å². The van der Waals surface area contributed by atoms with Crippen molar-refractivity contribution in [3.05, 3.63) is 40.9 Å². The number of hydrogen-bond acceptors (Lipinski definition) is 4. The van der Waals surface area contributed by atoms with E-state index in [0.717, 1.165) is 12.4 Å². The topological polar surface area (TPSA) is 79.0 Å². The number of nitrogens with zero attached hydrogens (tertiary/aromatic N) is 3. The first-order chi connectivity index (χ1) is 15.2. The molecule has 1 fully saturated rings. The number of hydrogen-bond donors (Lipinski definition) is 1. The van der Waals surface area contributed by atoms with Gasteiger partial charge in [0.05, 0.1) is 16.1 Å². The van der Waals surface area contributed by atoms with E-state index in [1.54, 1.807) is 0 Å². The van der Waals surface area contributed by atoms with Gasteiger partial charge in [-0.3, -0.25) is 0 Å². The van der Waals surface area contributed by atoms with Crippen LogP contribution in [0.25, 0.3) is 22.3 Å². The van der Waals surface area contributed by atoms with Crippen LogP contribution in [0.4, 0.5) is 30.7 Å². The molecule has 6 nitrogen and oxygen atoms in total. The highest BCUT2D eigenvalue weighted by molar-refractivity contribution is 7.89. The number of aromatic nitrogens is 3. The summed E-state index contributed by atoms with van der Waals surface area (Å²) in [6.07, 6.45) is -8.39. The third-order valence-corrected chi connectivity index (χ3v) is 7.55. The summed E-state index contributed by atoms with van der Waals surface area (Å²) >= 11 is 6.12. The van der Waals surface area contributed by atoms with Crippen LogP contribution in [0.3, 0.4) is 0 Å². The van der Waals surface area contributed by atoms with Crippen LogP contribution in [0.2, 0.25) is 5.02 Å². The molecule has 1 atom stereocenters. The summed E-state index contributed by atoms with van der Waals surface area (Å²) in [6, 6.07) is -0.931. The van der Waals surface area contributed by atoms with Gasteiger partial charge in [0.15, 0.2) is 10.9 Å². The Kier molecular flexibility index (Phi) is 5.61. The van der Waals surface area contributed by atoms with Crippen molar-refractivity contribution in [2.45, 2.75) is 36.3 Å². The summed E-state index contributed by atoms with van der Waals surface area (Å²) in [5.41, 5.74) is -3.08. The molecular weight excluding hydrogens is 505 g/mol. The first-order valence-electron chi connectivity index (χ1n) is 9.21. The van der Waals surface area contributed by atoms with E-state index in [4.69, 9.17) is 11.6 Å². The van der Waals surface area contributed by atoms with E-state index in [9.17, 15) is 39.2 Å². The molecule has 1 N–H and O–H groups in total. The molecule has 0 saturated carbocycles. The van der Waals surface area contributed by atoms with Gasteiger partial charge >= 0.3 is 12.4 Å². The Morgan fingerprint density at radius 1 is 1.12 bits per heavy atom. The number of halogens is 8. The molecule has 1 aromatic carbocycles. The van der Waals surface area contributed by atoms with Crippen LogP contribution < -0.4 is 0 Å². The Morgan fingerprint density at radius 2 is 1.76 bits per heavy atom. The molecule has 1 saturated heterocycles. The number of rotatable bonds is 3. The van der Waals surface area contributed by atoms with Gasteiger partial charge in [0, 0.05) is 29.9 Å². The maximum Gasteiger partial charge on any atom is 0.417 e. The van der Waals surface area contributed by atoms with E-state index in [2.05, 4.69) is 15.0 Å². The predicted octanol–water partition coefficient (Wildman–Crippen LogP) is 5.15. The zero-order chi connectivity index (χ0) is 24.3. The fraction of sp³-hybridized carbons (Fsp3) is 0.333. The van der Waals surface area contributed by atoms with E-state index in [1.807, 2.05) is 0 Å². The maximum atomic E-state index is 14.7. The fourth-order valence-corrected chi connectivity index (χ4v) is 6.06. The Bertz CT molecular complexity index is 1320. The average molecular weight is 517 g/mol. The standard InChI is InChI=1S/C18H12ClF7N4O2S/c19-13-12-11(15-27-4-2-5-28-15)8(17(21,22)23)7-9(20)14(12)29-16(13)33(31,32)30-6-1-3-10(30)18(24,25)26/h2,4-5,7,10,29H,1,3,6H2/t10-/m0/s1.